The minimum absolute atomic E-state index is 0.668. The van der Waals surface area contributed by atoms with Crippen LogP contribution in [0.25, 0.3) is 150 Å². The highest BCUT2D eigenvalue weighted by atomic mass is 16.5. The van der Waals surface area contributed by atoms with E-state index in [-0.39, 0.29) is 0 Å². The summed E-state index contributed by atoms with van der Waals surface area (Å²) in [4.78, 5) is 10.6. The molecule has 18 aromatic rings. The molecule has 0 bridgehead atoms. The van der Waals surface area contributed by atoms with E-state index < -0.39 is 0 Å². The first kappa shape index (κ1) is 54.3. The van der Waals surface area contributed by atoms with Gasteiger partial charge in [-0.15, -0.1) is 0 Å². The molecule has 8 nitrogen and oxygen atoms in total. The lowest BCUT2D eigenvalue weighted by molar-refractivity contribution is -0.571. The molecule has 0 saturated carbocycles. The lowest BCUT2D eigenvalue weighted by atomic mass is 9.89. The van der Waals surface area contributed by atoms with Gasteiger partial charge < -0.3 is 9.30 Å². The fourth-order valence-corrected chi connectivity index (χ4v) is 14.0. The molecule has 8 heteroatoms. The van der Waals surface area contributed by atoms with Crippen LogP contribution in [0.2, 0.25) is 0 Å². The predicted molar refractivity (Wildman–Crippen MR) is 383 cm³/mol. The van der Waals surface area contributed by atoms with Gasteiger partial charge in [0.25, 0.3) is 6.33 Å². The van der Waals surface area contributed by atoms with Gasteiger partial charge in [0, 0.05) is 34.8 Å². The van der Waals surface area contributed by atoms with Crippen LogP contribution in [0.15, 0.2) is 328 Å². The van der Waals surface area contributed by atoms with E-state index in [0.29, 0.717) is 11.5 Å². The highest BCUT2D eigenvalue weighted by molar-refractivity contribution is 6.09. The van der Waals surface area contributed by atoms with Gasteiger partial charge >= 0.3 is 0 Å². The zero-order valence-corrected chi connectivity index (χ0v) is 51.2. The largest absolute Gasteiger partial charge is 0.458 e. The second kappa shape index (κ2) is 22.4. The summed E-state index contributed by atoms with van der Waals surface area (Å²) in [5.41, 5.74) is 25.5. The Morgan fingerprint density at radius 1 is 0.351 bits per heavy atom. The summed E-state index contributed by atoms with van der Waals surface area (Å²) in [5.74, 6) is 2.85. The SMILES string of the molecule is Cc1cccc2c1nc1n(-c3cc4c(cn3)c3ccccc3n4-c3ccccc3)c3cc(Oc4cccc(-n5[c-][n+](-c6c(-c7cc(-c8ccccc8)cc(-c8ccccc8)c7)cccc6-c6cc(-c7ccccc7)cc(-c7ccccc7)c6)c6ccccc65)c4)ccc3n21. The van der Waals surface area contributed by atoms with Gasteiger partial charge in [-0.25, -0.2) is 9.97 Å². The van der Waals surface area contributed by atoms with Crippen LogP contribution in [0.1, 0.15) is 5.56 Å². The zero-order valence-electron chi connectivity index (χ0n) is 51.2. The molecule has 0 N–H and O–H groups in total. The van der Waals surface area contributed by atoms with Crippen molar-refractivity contribution in [1.82, 2.24) is 28.1 Å². The van der Waals surface area contributed by atoms with Crippen molar-refractivity contribution in [3.63, 3.8) is 0 Å². The van der Waals surface area contributed by atoms with Gasteiger partial charge in [0.15, 0.2) is 0 Å². The first-order valence-corrected chi connectivity index (χ1v) is 31.8. The average Bonchev–Trinajstić information content (AvgIpc) is 1.56. The molecule has 0 aliphatic rings. The molecule has 5 heterocycles. The first-order valence-electron chi connectivity index (χ1n) is 31.8. The molecule has 0 fully saturated rings. The number of imidazole rings is 3. The maximum Gasteiger partial charge on any atom is 0.269 e. The lowest BCUT2D eigenvalue weighted by Crippen LogP contribution is -2.31. The van der Waals surface area contributed by atoms with Gasteiger partial charge in [-0.1, -0.05) is 218 Å². The van der Waals surface area contributed by atoms with Crippen LogP contribution in [0.4, 0.5) is 0 Å². The molecule has 442 valence electrons. The zero-order chi connectivity index (χ0) is 62.2. The van der Waals surface area contributed by atoms with Crippen LogP contribution in [0.5, 0.6) is 11.5 Å². The molecular formula is C86H57N7O. The number of fused-ring (bicyclic) bond motifs is 9. The van der Waals surface area contributed by atoms with E-state index in [1.807, 2.05) is 12.3 Å². The molecule has 0 aliphatic carbocycles. The molecule has 13 aromatic carbocycles. The summed E-state index contributed by atoms with van der Waals surface area (Å²) in [6.07, 6.45) is 6.00. The quantitative estimate of drug-likeness (QED) is 0.0905. The maximum atomic E-state index is 7.05. The summed E-state index contributed by atoms with van der Waals surface area (Å²) in [5, 5.41) is 2.21. The second-order valence-electron chi connectivity index (χ2n) is 24.0. The molecule has 0 saturated heterocycles. The van der Waals surface area contributed by atoms with E-state index in [9.17, 15) is 0 Å². The molecule has 94 heavy (non-hydrogen) atoms. The van der Waals surface area contributed by atoms with E-state index in [1.165, 1.54) is 0 Å². The highest BCUT2D eigenvalue weighted by Gasteiger charge is 2.25. The van der Waals surface area contributed by atoms with E-state index in [1.54, 1.807) is 0 Å². The minimum Gasteiger partial charge on any atom is -0.458 e. The van der Waals surface area contributed by atoms with Crippen molar-refractivity contribution in [2.75, 3.05) is 0 Å². The second-order valence-corrected chi connectivity index (χ2v) is 24.0. The normalized spacial score (nSPS) is 11.7. The van der Waals surface area contributed by atoms with Crippen molar-refractivity contribution in [2.24, 2.45) is 0 Å². The van der Waals surface area contributed by atoms with Crippen molar-refractivity contribution in [3.05, 3.63) is 340 Å². The van der Waals surface area contributed by atoms with Crippen molar-refractivity contribution in [2.45, 2.75) is 6.92 Å². The Morgan fingerprint density at radius 3 is 1.49 bits per heavy atom. The third-order valence-corrected chi connectivity index (χ3v) is 18.3. The van der Waals surface area contributed by atoms with E-state index in [0.717, 1.165) is 156 Å². The number of hydrogen-bond acceptors (Lipinski definition) is 3. The summed E-state index contributed by atoms with van der Waals surface area (Å²) in [6.45, 7) is 2.12. The smallest absolute Gasteiger partial charge is 0.269 e. The summed E-state index contributed by atoms with van der Waals surface area (Å²) < 4.78 is 18.2. The Bertz CT molecular complexity index is 5690. The molecule has 18 rings (SSSR count). The van der Waals surface area contributed by atoms with Crippen LogP contribution in [-0.4, -0.2) is 28.1 Å². The Kier molecular flexibility index (Phi) is 12.9. The topological polar surface area (TPSA) is 58.1 Å². The van der Waals surface area contributed by atoms with E-state index in [2.05, 4.69) is 351 Å². The molecule has 0 amide bonds. The number of benzene rings is 13. The van der Waals surface area contributed by atoms with Gasteiger partial charge in [0.2, 0.25) is 5.78 Å². The van der Waals surface area contributed by atoms with Gasteiger partial charge in [-0.3, -0.25) is 18.1 Å². The van der Waals surface area contributed by atoms with Crippen molar-refractivity contribution in [3.8, 4) is 101 Å². The average molecular weight is 1200 g/mol. The van der Waals surface area contributed by atoms with Gasteiger partial charge in [-0.05, 0) is 170 Å². The van der Waals surface area contributed by atoms with Crippen molar-refractivity contribution in [1.29, 1.82) is 0 Å². The Morgan fingerprint density at radius 2 is 0.862 bits per heavy atom. The van der Waals surface area contributed by atoms with Crippen LogP contribution in [-0.2, 0) is 0 Å². The fourth-order valence-electron chi connectivity index (χ4n) is 14.0. The van der Waals surface area contributed by atoms with E-state index in [4.69, 9.17) is 14.7 Å². The monoisotopic (exact) mass is 1200 g/mol. The minimum atomic E-state index is 0.668. The number of ether oxygens (including phenoxy) is 1. The molecule has 0 spiro atoms. The Labute approximate surface area is 542 Å². The van der Waals surface area contributed by atoms with Crippen molar-refractivity contribution < 1.29 is 9.30 Å². The molecule has 0 radical (unpaired) electrons. The standard InChI is InChI=1S/C86H57N7O/c1-57-24-21-43-80-84(57)88-86-92(80)79-45-44-71(53-82(79)93(86)83-54-81-75(55-87-83)74-37-17-18-40-76(74)91(81)68-33-15-6-16-34-68)94-70-36-22-35-69(52-70)89-56-90(78-42-20-19-41-77(78)89)85-72(66-48-62(58-25-7-2-8-26-58)46-63(49-66)59-27-9-3-10-28-59)38-23-39-73(85)67-50-64(60-29-11-4-12-30-60)47-65(51-67)61-31-13-5-14-32-61/h2-55H,1H3. The number of para-hydroxylation sites is 6. The van der Waals surface area contributed by atoms with Crippen LogP contribution in [0, 0.1) is 13.3 Å². The third kappa shape index (κ3) is 9.26. The number of aryl methyl sites for hydroxylation is 1. The number of hydrogen-bond donors (Lipinski definition) is 0. The van der Waals surface area contributed by atoms with Crippen LogP contribution in [0.3, 0.4) is 0 Å². The molecule has 5 aromatic heterocycles. The number of aromatic nitrogens is 7. The fraction of sp³-hybridized carbons (Fsp3) is 0.0116. The molecule has 0 aliphatic heterocycles. The summed E-state index contributed by atoms with van der Waals surface area (Å²) in [7, 11) is 0. The first-order chi connectivity index (χ1) is 46.5. The van der Waals surface area contributed by atoms with Gasteiger partial charge in [0.05, 0.1) is 55.5 Å². The Hall–Kier alpha value is -12.7. The van der Waals surface area contributed by atoms with E-state index >= 15 is 0 Å². The lowest BCUT2D eigenvalue weighted by Gasteiger charge is -2.20. The number of nitrogens with zero attached hydrogens (tertiary/aromatic N) is 7. The van der Waals surface area contributed by atoms with Gasteiger partial charge in [-0.2, -0.15) is 0 Å². The molecule has 0 unspecified atom stereocenters. The summed E-state index contributed by atoms with van der Waals surface area (Å²) >= 11 is 0. The van der Waals surface area contributed by atoms with Crippen LogP contribution < -0.4 is 9.30 Å². The predicted octanol–water partition coefficient (Wildman–Crippen LogP) is 21.0. The van der Waals surface area contributed by atoms with Crippen LogP contribution >= 0.6 is 0 Å². The Balaban J connectivity index is 0.804. The third-order valence-electron chi connectivity index (χ3n) is 18.3. The van der Waals surface area contributed by atoms with Crippen molar-refractivity contribution >= 4 is 60.7 Å². The molecular weight excluding hydrogens is 1150 g/mol. The highest BCUT2D eigenvalue weighted by Crippen LogP contribution is 2.43. The van der Waals surface area contributed by atoms with Gasteiger partial charge in [0.1, 0.15) is 17.3 Å². The maximum absolute atomic E-state index is 7.05. The number of pyridine rings is 1. The molecule has 0 atom stereocenters. The summed E-state index contributed by atoms with van der Waals surface area (Å²) in [6, 6.07) is 114. The number of rotatable bonds is 12.